The minimum Gasteiger partial charge on any atom is -0.496 e. The van der Waals surface area contributed by atoms with E-state index in [1.807, 2.05) is 18.2 Å². The van der Waals surface area contributed by atoms with Gasteiger partial charge in [0.25, 0.3) is 5.91 Å². The number of anilines is 2. The number of hydrogen-bond donors (Lipinski definition) is 2. The Bertz CT molecular complexity index is 1590. The molecule has 0 aliphatic carbocycles. The molecule has 4 aromatic rings. The molecule has 0 spiro atoms. The Morgan fingerprint density at radius 1 is 1.12 bits per heavy atom. The molecule has 0 radical (unpaired) electrons. The van der Waals surface area contributed by atoms with E-state index in [1.54, 1.807) is 42.7 Å². The van der Waals surface area contributed by atoms with Crippen molar-refractivity contribution in [2.45, 2.75) is 26.0 Å². The van der Waals surface area contributed by atoms with E-state index in [0.717, 1.165) is 50.5 Å². The third-order valence-corrected chi connectivity index (χ3v) is 7.60. The topological polar surface area (TPSA) is 99.0 Å². The van der Waals surface area contributed by atoms with Gasteiger partial charge in [-0.3, -0.25) is 20.0 Å². The highest BCUT2D eigenvalue weighted by molar-refractivity contribution is 6.05. The monoisotopic (exact) mass is 589 g/mol. The Balaban J connectivity index is 1.43. The second-order valence-corrected chi connectivity index (χ2v) is 11.8. The second-order valence-electron chi connectivity index (χ2n) is 11.8. The van der Waals surface area contributed by atoms with Crippen LogP contribution < -0.4 is 15.0 Å². The third-order valence-electron chi connectivity index (χ3n) is 7.60. The number of benzene rings is 2. The molecule has 1 saturated heterocycles. The zero-order valence-corrected chi connectivity index (χ0v) is 25.5. The van der Waals surface area contributed by atoms with Crippen molar-refractivity contribution in [2.75, 3.05) is 70.7 Å². The number of rotatable bonds is 10. The first kappa shape index (κ1) is 30.4. The normalized spacial score (nSPS) is 14.5. The smallest absolute Gasteiger partial charge is 0.261 e. The number of fused-ring (bicyclic) bond motifs is 1. The molecular weight excluding hydrogens is 549 g/mol. The molecule has 1 aliphatic heterocycles. The minimum absolute atomic E-state index is 0.0153. The maximum Gasteiger partial charge on any atom is 0.261 e. The van der Waals surface area contributed by atoms with Crippen molar-refractivity contribution in [1.29, 1.82) is 0 Å². The molecule has 0 saturated carbocycles. The van der Waals surface area contributed by atoms with Gasteiger partial charge in [-0.25, -0.2) is 9.37 Å². The maximum atomic E-state index is 15.7. The Morgan fingerprint density at radius 3 is 2.56 bits per heavy atom. The maximum absolute atomic E-state index is 15.7. The van der Waals surface area contributed by atoms with E-state index in [1.165, 1.54) is 19.4 Å². The van der Waals surface area contributed by atoms with Gasteiger partial charge < -0.3 is 24.2 Å². The molecule has 5 rings (SSSR count). The molecule has 1 fully saturated rings. The molecule has 1 aliphatic rings. The van der Waals surface area contributed by atoms with Crippen LogP contribution in [0.1, 0.15) is 24.2 Å². The summed E-state index contributed by atoms with van der Waals surface area (Å²) < 4.78 is 22.9. The number of methoxy groups -OCH3 is 1. The van der Waals surface area contributed by atoms with Crippen LogP contribution in [0.25, 0.3) is 22.3 Å². The first-order chi connectivity index (χ1) is 20.5. The predicted molar refractivity (Wildman–Crippen MR) is 167 cm³/mol. The third kappa shape index (κ3) is 6.96. The van der Waals surface area contributed by atoms with Crippen molar-refractivity contribution in [1.82, 2.24) is 24.3 Å². The fourth-order valence-electron chi connectivity index (χ4n) is 5.34. The van der Waals surface area contributed by atoms with Crippen LogP contribution in [0.4, 0.5) is 16.0 Å². The number of imidazole rings is 1. The Morgan fingerprint density at radius 2 is 1.86 bits per heavy atom. The highest BCUT2D eigenvalue weighted by atomic mass is 19.1. The lowest BCUT2D eigenvalue weighted by molar-refractivity contribution is 0.0630. The first-order valence-corrected chi connectivity index (χ1v) is 14.5. The summed E-state index contributed by atoms with van der Waals surface area (Å²) in [4.78, 5) is 29.3. The second kappa shape index (κ2) is 12.7. The molecule has 0 bridgehead atoms. The van der Waals surface area contributed by atoms with Gasteiger partial charge in [-0.1, -0.05) is 12.1 Å². The van der Waals surface area contributed by atoms with Crippen LogP contribution in [0, 0.1) is 5.82 Å². The lowest BCUT2D eigenvalue weighted by Crippen LogP contribution is -2.48. The van der Waals surface area contributed by atoms with E-state index in [0.29, 0.717) is 16.8 Å². The number of hydrogen-bond acceptors (Lipinski definition) is 8. The first-order valence-electron chi connectivity index (χ1n) is 14.5. The van der Waals surface area contributed by atoms with E-state index >= 15 is 4.39 Å². The molecule has 43 heavy (non-hydrogen) atoms. The molecule has 2 aromatic carbocycles. The quantitative estimate of drug-likeness (QED) is 0.287. The summed E-state index contributed by atoms with van der Waals surface area (Å²) in [6, 6.07) is 14.3. The number of ether oxygens (including phenoxy) is 1. The Kier molecular flexibility index (Phi) is 8.95. The van der Waals surface area contributed by atoms with Crippen molar-refractivity contribution >= 4 is 28.6 Å². The molecule has 2 aromatic heterocycles. The average molecular weight is 590 g/mol. The molecule has 3 heterocycles. The van der Waals surface area contributed by atoms with Crippen LogP contribution in [0.2, 0.25) is 0 Å². The lowest BCUT2D eigenvalue weighted by Gasteiger charge is -2.36. The van der Waals surface area contributed by atoms with Gasteiger partial charge in [-0.05, 0) is 64.3 Å². The molecule has 11 heteroatoms. The highest BCUT2D eigenvalue weighted by Crippen LogP contribution is 2.32. The summed E-state index contributed by atoms with van der Waals surface area (Å²) in [5, 5.41) is 13.5. The van der Waals surface area contributed by atoms with Crippen LogP contribution in [-0.2, 0) is 6.54 Å². The fourth-order valence-corrected chi connectivity index (χ4v) is 5.34. The summed E-state index contributed by atoms with van der Waals surface area (Å²) in [6.45, 7) is 9.39. The van der Waals surface area contributed by atoms with Crippen LogP contribution >= 0.6 is 0 Å². The Labute approximate surface area is 251 Å². The largest absolute Gasteiger partial charge is 0.496 e. The van der Waals surface area contributed by atoms with Gasteiger partial charge in [-0.2, -0.15) is 0 Å². The van der Waals surface area contributed by atoms with E-state index in [9.17, 15) is 9.90 Å². The van der Waals surface area contributed by atoms with Gasteiger partial charge in [-0.15, -0.1) is 0 Å². The average Bonchev–Trinajstić information content (AvgIpc) is 3.30. The molecule has 0 atom stereocenters. The molecular formula is C32H40FN7O3. The number of likely N-dealkylation sites (N-methyl/N-ethyl adjacent to an activating group) is 1. The molecule has 1 amide bonds. The molecule has 228 valence electrons. The standard InChI is InChI=1S/C32H40FN7O3/c1-32(2,42)21-40-26-20-22(39-18-16-38(17-19-39)15-14-37(3)4)10-11-25(26)35-31(40)36-30(41)24-12-13-34-29(28(24)33)23-8-6-7-9-27(23)43-5/h6-13,20,42H,14-19,21H2,1-5H3,(H,35,36,41). The number of piperazine rings is 1. The van der Waals surface area contributed by atoms with E-state index in [4.69, 9.17) is 4.74 Å². The van der Waals surface area contributed by atoms with Gasteiger partial charge in [0.1, 0.15) is 11.4 Å². The number of amides is 1. The van der Waals surface area contributed by atoms with Crippen LogP contribution in [-0.4, -0.2) is 101 Å². The lowest BCUT2D eigenvalue weighted by atomic mass is 10.1. The van der Waals surface area contributed by atoms with Crippen molar-refractivity contribution in [3.8, 4) is 17.0 Å². The zero-order valence-electron chi connectivity index (χ0n) is 25.5. The van der Waals surface area contributed by atoms with Crippen molar-refractivity contribution in [3.05, 3.63) is 66.1 Å². The van der Waals surface area contributed by atoms with Crippen LogP contribution in [0.3, 0.4) is 0 Å². The zero-order chi connectivity index (χ0) is 30.7. The Hall–Kier alpha value is -4.06. The van der Waals surface area contributed by atoms with Crippen molar-refractivity contribution in [3.63, 3.8) is 0 Å². The van der Waals surface area contributed by atoms with Gasteiger partial charge in [0.05, 0.1) is 35.9 Å². The minimum atomic E-state index is -1.10. The van der Waals surface area contributed by atoms with Gasteiger partial charge >= 0.3 is 0 Å². The number of para-hydroxylation sites is 1. The highest BCUT2D eigenvalue weighted by Gasteiger charge is 2.25. The summed E-state index contributed by atoms with van der Waals surface area (Å²) in [7, 11) is 5.68. The van der Waals surface area contributed by atoms with Crippen LogP contribution in [0.5, 0.6) is 5.75 Å². The summed E-state index contributed by atoms with van der Waals surface area (Å²) in [5.74, 6) is -0.758. The number of pyridine rings is 1. The number of nitrogens with one attached hydrogen (secondary N) is 1. The number of halogens is 1. The number of nitrogens with zero attached hydrogens (tertiary/aromatic N) is 6. The van der Waals surface area contributed by atoms with Gasteiger partial charge in [0.2, 0.25) is 5.95 Å². The number of aliphatic hydroxyl groups is 1. The number of carbonyl (C=O) groups excluding carboxylic acids is 1. The van der Waals surface area contributed by atoms with E-state index in [-0.39, 0.29) is 23.8 Å². The van der Waals surface area contributed by atoms with E-state index in [2.05, 4.69) is 44.1 Å². The molecule has 10 nitrogen and oxygen atoms in total. The fraction of sp³-hybridized carbons (Fsp3) is 0.406. The molecule has 2 N–H and O–H groups in total. The van der Waals surface area contributed by atoms with Crippen LogP contribution in [0.15, 0.2) is 54.7 Å². The SMILES string of the molecule is COc1ccccc1-c1nccc(C(=O)Nc2nc3ccc(N4CCN(CCN(C)C)CC4)cc3n2CC(C)(C)O)c1F. The summed E-state index contributed by atoms with van der Waals surface area (Å²) in [6.07, 6.45) is 1.39. The van der Waals surface area contributed by atoms with E-state index < -0.39 is 17.3 Å². The summed E-state index contributed by atoms with van der Waals surface area (Å²) >= 11 is 0. The molecule has 0 unspecified atom stereocenters. The summed E-state index contributed by atoms with van der Waals surface area (Å²) in [5.41, 5.74) is 1.67. The predicted octanol–water partition coefficient (Wildman–Crippen LogP) is 3.95. The van der Waals surface area contributed by atoms with Gasteiger partial charge in [0, 0.05) is 56.7 Å². The van der Waals surface area contributed by atoms with Crippen molar-refractivity contribution in [2.24, 2.45) is 0 Å². The van der Waals surface area contributed by atoms with Gasteiger partial charge in [0.15, 0.2) is 5.82 Å². The van der Waals surface area contributed by atoms with Crippen molar-refractivity contribution < 1.29 is 19.0 Å². The number of aromatic nitrogens is 3. The number of carbonyl (C=O) groups is 1.